The quantitative estimate of drug-likeness (QED) is 0.808. The van der Waals surface area contributed by atoms with Gasteiger partial charge in [-0.1, -0.05) is 0 Å². The second-order valence-corrected chi connectivity index (χ2v) is 5.72. The van der Waals surface area contributed by atoms with Crippen molar-refractivity contribution < 1.29 is 14.3 Å². The molecular formula is C15H23N5O3. The van der Waals surface area contributed by atoms with Crippen molar-refractivity contribution in [3.05, 3.63) is 12.3 Å². The maximum absolute atomic E-state index is 11.7. The zero-order chi connectivity index (χ0) is 16.1. The Labute approximate surface area is 135 Å². The van der Waals surface area contributed by atoms with E-state index in [4.69, 9.17) is 9.47 Å². The summed E-state index contributed by atoms with van der Waals surface area (Å²) in [6.45, 7) is 3.15. The molecule has 2 aliphatic heterocycles. The zero-order valence-electron chi connectivity index (χ0n) is 13.3. The Morgan fingerprint density at radius 2 is 2.35 bits per heavy atom. The number of morpholine rings is 1. The first kappa shape index (κ1) is 15.9. The third-order valence-corrected chi connectivity index (χ3v) is 4.04. The van der Waals surface area contributed by atoms with Crippen LogP contribution in [0.1, 0.15) is 12.8 Å². The van der Waals surface area contributed by atoms with E-state index < -0.39 is 6.10 Å². The Morgan fingerprint density at radius 3 is 3.13 bits per heavy atom. The average Bonchev–Trinajstić information content (AvgIpc) is 2.62. The van der Waals surface area contributed by atoms with E-state index in [0.29, 0.717) is 32.3 Å². The number of rotatable bonds is 4. The Balaban J connectivity index is 1.65. The number of amides is 1. The van der Waals surface area contributed by atoms with Crippen LogP contribution in [-0.2, 0) is 14.3 Å². The molecule has 0 aromatic carbocycles. The number of nitrogens with zero attached hydrogens (tertiary/aromatic N) is 3. The van der Waals surface area contributed by atoms with Crippen LogP contribution >= 0.6 is 0 Å². The van der Waals surface area contributed by atoms with Crippen molar-refractivity contribution in [1.29, 1.82) is 0 Å². The molecule has 1 aromatic heterocycles. The molecule has 2 saturated heterocycles. The monoisotopic (exact) mass is 321 g/mol. The molecule has 0 aliphatic carbocycles. The first-order chi connectivity index (χ1) is 11.3. The molecule has 0 unspecified atom stereocenters. The van der Waals surface area contributed by atoms with Crippen LogP contribution in [0.3, 0.4) is 0 Å². The molecule has 0 radical (unpaired) electrons. The fourth-order valence-electron chi connectivity index (χ4n) is 2.80. The summed E-state index contributed by atoms with van der Waals surface area (Å²) in [4.78, 5) is 22.6. The molecule has 0 saturated carbocycles. The fourth-order valence-corrected chi connectivity index (χ4v) is 2.80. The second kappa shape index (κ2) is 7.56. The molecule has 2 fully saturated rings. The van der Waals surface area contributed by atoms with Crippen LogP contribution in [0.15, 0.2) is 12.3 Å². The third-order valence-electron chi connectivity index (χ3n) is 4.04. The number of anilines is 2. The van der Waals surface area contributed by atoms with Crippen LogP contribution in [0.2, 0.25) is 0 Å². The molecular weight excluding hydrogens is 298 g/mol. The summed E-state index contributed by atoms with van der Waals surface area (Å²) in [5.74, 6) is 1.28. The van der Waals surface area contributed by atoms with E-state index in [-0.39, 0.29) is 11.9 Å². The van der Waals surface area contributed by atoms with E-state index in [0.717, 1.165) is 25.3 Å². The lowest BCUT2D eigenvalue weighted by atomic mass is 10.1. The Morgan fingerprint density at radius 1 is 1.43 bits per heavy atom. The number of hydrogen-bond acceptors (Lipinski definition) is 7. The smallest absolute Gasteiger partial charge is 0.250 e. The Kier molecular flexibility index (Phi) is 5.24. The van der Waals surface area contributed by atoms with Gasteiger partial charge in [-0.25, -0.2) is 4.98 Å². The minimum atomic E-state index is -0.485. The van der Waals surface area contributed by atoms with Gasteiger partial charge in [0, 0.05) is 26.4 Å². The summed E-state index contributed by atoms with van der Waals surface area (Å²) >= 11 is 0. The predicted octanol–water partition coefficient (Wildman–Crippen LogP) is 0.0187. The van der Waals surface area contributed by atoms with Crippen LogP contribution in [0.4, 0.5) is 11.8 Å². The van der Waals surface area contributed by atoms with Gasteiger partial charge < -0.3 is 25.0 Å². The Bertz CT molecular complexity index is 536. The highest BCUT2D eigenvalue weighted by molar-refractivity contribution is 5.81. The number of carbonyl (C=O) groups excluding carboxylic acids is 1. The van der Waals surface area contributed by atoms with Crippen LogP contribution < -0.4 is 15.5 Å². The van der Waals surface area contributed by atoms with Crippen LogP contribution in [-0.4, -0.2) is 68.0 Å². The van der Waals surface area contributed by atoms with Crippen molar-refractivity contribution in [1.82, 2.24) is 15.3 Å². The molecule has 3 rings (SSSR count). The zero-order valence-corrected chi connectivity index (χ0v) is 13.3. The molecule has 23 heavy (non-hydrogen) atoms. The molecule has 2 aliphatic rings. The summed E-state index contributed by atoms with van der Waals surface area (Å²) in [7, 11) is 1.61. The topological polar surface area (TPSA) is 88.6 Å². The van der Waals surface area contributed by atoms with Gasteiger partial charge in [-0.05, 0) is 18.9 Å². The van der Waals surface area contributed by atoms with Gasteiger partial charge in [0.15, 0.2) is 6.10 Å². The molecule has 0 bridgehead atoms. The highest BCUT2D eigenvalue weighted by Gasteiger charge is 2.27. The van der Waals surface area contributed by atoms with Gasteiger partial charge in [0.2, 0.25) is 5.95 Å². The minimum absolute atomic E-state index is 0.122. The molecule has 1 amide bonds. The van der Waals surface area contributed by atoms with Crippen molar-refractivity contribution in [3.8, 4) is 0 Å². The fraction of sp³-hybridized carbons (Fsp3) is 0.667. The molecule has 126 valence electrons. The molecule has 2 atom stereocenters. The van der Waals surface area contributed by atoms with Gasteiger partial charge in [-0.3, -0.25) is 4.79 Å². The van der Waals surface area contributed by atoms with Gasteiger partial charge in [-0.2, -0.15) is 4.98 Å². The molecule has 0 spiro atoms. The number of likely N-dealkylation sites (N-methyl/N-ethyl adjacent to an activating group) is 1. The predicted molar refractivity (Wildman–Crippen MR) is 85.5 cm³/mol. The summed E-state index contributed by atoms with van der Waals surface area (Å²) in [6, 6.07) is 2.14. The second-order valence-electron chi connectivity index (χ2n) is 5.72. The molecule has 3 heterocycles. The summed E-state index contributed by atoms with van der Waals surface area (Å²) < 4.78 is 11.0. The van der Waals surface area contributed by atoms with Crippen molar-refractivity contribution in [2.75, 3.05) is 50.2 Å². The van der Waals surface area contributed by atoms with E-state index in [1.54, 1.807) is 13.2 Å². The van der Waals surface area contributed by atoms with Crippen LogP contribution in [0.25, 0.3) is 0 Å². The van der Waals surface area contributed by atoms with E-state index in [1.807, 2.05) is 11.0 Å². The SMILES string of the molecule is CNC(=O)[C@@H]1CN(c2nccc(N[C@@H]3CCCOC3)n2)CCO1. The standard InChI is InChI=1S/C15H23N5O3/c1-16-14(21)12-9-20(6-8-23-12)15-17-5-4-13(19-15)18-11-3-2-7-22-10-11/h4-5,11-12H,2-3,6-10H2,1H3,(H,16,21)(H,17,18,19)/t11-,12+/m1/s1. The van der Waals surface area contributed by atoms with E-state index >= 15 is 0 Å². The van der Waals surface area contributed by atoms with Gasteiger partial charge in [0.25, 0.3) is 5.91 Å². The molecule has 2 N–H and O–H groups in total. The first-order valence-corrected chi connectivity index (χ1v) is 8.02. The molecule has 1 aromatic rings. The normalized spacial score (nSPS) is 25.0. The maximum Gasteiger partial charge on any atom is 0.250 e. The summed E-state index contributed by atoms with van der Waals surface area (Å²) in [6.07, 6.45) is 3.39. The van der Waals surface area contributed by atoms with E-state index in [2.05, 4.69) is 20.6 Å². The lowest BCUT2D eigenvalue weighted by Crippen LogP contribution is -2.49. The van der Waals surface area contributed by atoms with Crippen molar-refractivity contribution in [2.45, 2.75) is 25.0 Å². The highest BCUT2D eigenvalue weighted by Crippen LogP contribution is 2.17. The lowest BCUT2D eigenvalue weighted by molar-refractivity contribution is -0.132. The largest absolute Gasteiger partial charge is 0.379 e. The lowest BCUT2D eigenvalue weighted by Gasteiger charge is -2.32. The van der Waals surface area contributed by atoms with Crippen molar-refractivity contribution >= 4 is 17.7 Å². The van der Waals surface area contributed by atoms with Gasteiger partial charge in [0.05, 0.1) is 25.8 Å². The molecule has 8 heteroatoms. The number of ether oxygens (including phenoxy) is 2. The summed E-state index contributed by atoms with van der Waals surface area (Å²) in [5.41, 5.74) is 0. The average molecular weight is 321 g/mol. The van der Waals surface area contributed by atoms with E-state index in [1.165, 1.54) is 0 Å². The number of carbonyl (C=O) groups is 1. The first-order valence-electron chi connectivity index (χ1n) is 8.02. The van der Waals surface area contributed by atoms with Gasteiger partial charge in [0.1, 0.15) is 5.82 Å². The number of aromatic nitrogens is 2. The molecule has 8 nitrogen and oxygen atoms in total. The third kappa shape index (κ3) is 4.08. The van der Waals surface area contributed by atoms with Crippen molar-refractivity contribution in [2.24, 2.45) is 0 Å². The Hall–Kier alpha value is -1.93. The highest BCUT2D eigenvalue weighted by atomic mass is 16.5. The maximum atomic E-state index is 11.7. The number of hydrogen-bond donors (Lipinski definition) is 2. The van der Waals surface area contributed by atoms with Crippen LogP contribution in [0.5, 0.6) is 0 Å². The van der Waals surface area contributed by atoms with Crippen molar-refractivity contribution in [3.63, 3.8) is 0 Å². The number of nitrogens with one attached hydrogen (secondary N) is 2. The summed E-state index contributed by atoms with van der Waals surface area (Å²) in [5, 5.41) is 6.01. The van der Waals surface area contributed by atoms with Gasteiger partial charge >= 0.3 is 0 Å². The van der Waals surface area contributed by atoms with Crippen LogP contribution in [0, 0.1) is 0 Å². The minimum Gasteiger partial charge on any atom is -0.379 e. The van der Waals surface area contributed by atoms with Gasteiger partial charge in [-0.15, -0.1) is 0 Å². The van der Waals surface area contributed by atoms with E-state index in [9.17, 15) is 4.79 Å².